The van der Waals surface area contributed by atoms with Crippen LogP contribution in [0.3, 0.4) is 0 Å². The van der Waals surface area contributed by atoms with Crippen molar-refractivity contribution in [3.8, 4) is 0 Å². The molecule has 0 saturated carbocycles. The molecular formula is C18H30O3S. The third-order valence-corrected chi connectivity index (χ3v) is 5.27. The average molecular weight is 328 g/mol. The fourth-order valence-electron chi connectivity index (χ4n) is 2.48. The van der Waals surface area contributed by atoms with E-state index in [-0.39, 0.29) is 4.90 Å². The highest BCUT2D eigenvalue weighted by Gasteiger charge is 2.27. The molecule has 126 valence electrons. The van der Waals surface area contributed by atoms with E-state index in [9.17, 15) is 8.42 Å². The molecule has 0 unspecified atom stereocenters. The van der Waals surface area contributed by atoms with Crippen molar-refractivity contribution in [2.24, 2.45) is 0 Å². The van der Waals surface area contributed by atoms with Crippen molar-refractivity contribution < 1.29 is 12.6 Å². The van der Waals surface area contributed by atoms with E-state index >= 15 is 0 Å². The van der Waals surface area contributed by atoms with E-state index in [1.165, 1.54) is 32.1 Å². The molecule has 0 N–H and O–H groups in total. The van der Waals surface area contributed by atoms with Gasteiger partial charge < -0.3 is 0 Å². The minimum atomic E-state index is -3.67. The van der Waals surface area contributed by atoms with Crippen LogP contribution in [0.15, 0.2) is 35.2 Å². The summed E-state index contributed by atoms with van der Waals surface area (Å²) in [6.45, 7) is 5.92. The fraction of sp³-hybridized carbons (Fsp3) is 0.667. The normalized spacial score (nSPS) is 12.5. The molecule has 0 radical (unpaired) electrons. The maximum atomic E-state index is 12.2. The lowest BCUT2D eigenvalue weighted by Crippen LogP contribution is -2.28. The second-order valence-electron chi connectivity index (χ2n) is 6.48. The van der Waals surface area contributed by atoms with E-state index in [1.54, 1.807) is 30.3 Å². The van der Waals surface area contributed by atoms with Gasteiger partial charge in [0.15, 0.2) is 0 Å². The largest absolute Gasteiger partial charge is 0.297 e. The van der Waals surface area contributed by atoms with Gasteiger partial charge in [0.1, 0.15) is 0 Å². The van der Waals surface area contributed by atoms with Gasteiger partial charge in [0.25, 0.3) is 10.1 Å². The Bertz CT molecular complexity index is 506. The maximum absolute atomic E-state index is 12.2. The first-order valence-electron chi connectivity index (χ1n) is 8.38. The zero-order valence-electron chi connectivity index (χ0n) is 14.2. The molecule has 22 heavy (non-hydrogen) atoms. The number of rotatable bonds is 11. The van der Waals surface area contributed by atoms with Gasteiger partial charge in [0.2, 0.25) is 0 Å². The molecule has 3 nitrogen and oxygen atoms in total. The molecule has 0 bridgehead atoms. The zero-order chi connectivity index (χ0) is 16.5. The van der Waals surface area contributed by atoms with Crippen LogP contribution >= 0.6 is 0 Å². The summed E-state index contributed by atoms with van der Waals surface area (Å²) < 4.78 is 29.9. The summed E-state index contributed by atoms with van der Waals surface area (Å²) in [4.78, 5) is 0.225. The number of benzene rings is 1. The molecule has 0 saturated heterocycles. The number of hydrogen-bond acceptors (Lipinski definition) is 3. The molecule has 0 amide bonds. The first kappa shape index (κ1) is 19.2. The number of unbranched alkanes of at least 4 members (excludes halogenated alkanes) is 6. The maximum Gasteiger partial charge on any atom is 0.297 e. The zero-order valence-corrected chi connectivity index (χ0v) is 15.0. The van der Waals surface area contributed by atoms with Crippen molar-refractivity contribution in [2.75, 3.05) is 0 Å². The first-order chi connectivity index (χ1) is 10.4. The highest BCUT2D eigenvalue weighted by molar-refractivity contribution is 7.86. The Kier molecular flexibility index (Phi) is 8.12. The van der Waals surface area contributed by atoms with Gasteiger partial charge in [0.05, 0.1) is 10.5 Å². The minimum absolute atomic E-state index is 0.225. The summed E-state index contributed by atoms with van der Waals surface area (Å²) >= 11 is 0. The Hall–Kier alpha value is -0.870. The molecule has 0 heterocycles. The van der Waals surface area contributed by atoms with Crippen molar-refractivity contribution in [1.82, 2.24) is 0 Å². The van der Waals surface area contributed by atoms with Crippen molar-refractivity contribution in [1.29, 1.82) is 0 Å². The lowest BCUT2D eigenvalue weighted by Gasteiger charge is -2.24. The molecule has 0 aliphatic heterocycles. The van der Waals surface area contributed by atoms with E-state index in [4.69, 9.17) is 4.18 Å². The average Bonchev–Trinajstić information content (AvgIpc) is 2.46. The van der Waals surface area contributed by atoms with Gasteiger partial charge in [0, 0.05) is 0 Å². The molecule has 0 aromatic heterocycles. The smallest absolute Gasteiger partial charge is 0.260 e. The van der Waals surface area contributed by atoms with E-state index in [0.717, 1.165) is 19.3 Å². The van der Waals surface area contributed by atoms with Gasteiger partial charge in [-0.15, -0.1) is 0 Å². The Morgan fingerprint density at radius 3 is 2.05 bits per heavy atom. The first-order valence-corrected chi connectivity index (χ1v) is 9.79. The second kappa shape index (κ2) is 9.31. The van der Waals surface area contributed by atoms with E-state index in [0.29, 0.717) is 0 Å². The lowest BCUT2D eigenvalue weighted by atomic mass is 10.00. The predicted octanol–water partition coefficient (Wildman–Crippen LogP) is 5.31. The van der Waals surface area contributed by atoms with Gasteiger partial charge in [-0.05, 0) is 32.4 Å². The fourth-order valence-corrected chi connectivity index (χ4v) is 3.75. The van der Waals surface area contributed by atoms with Crippen LogP contribution in [0.2, 0.25) is 0 Å². The Morgan fingerprint density at radius 1 is 0.909 bits per heavy atom. The van der Waals surface area contributed by atoms with E-state index in [2.05, 4.69) is 6.92 Å². The van der Waals surface area contributed by atoms with Gasteiger partial charge in [-0.2, -0.15) is 8.42 Å². The standard InChI is InChI=1S/C18H30O3S/c1-4-5-6-7-8-9-13-16-18(2,3)21-22(19,20)17-14-11-10-12-15-17/h10-12,14-15H,4-9,13,16H2,1-3H3/i17+2. The van der Waals surface area contributed by atoms with Crippen LogP contribution in [-0.2, 0) is 14.3 Å². The molecule has 1 aromatic carbocycles. The van der Waals surface area contributed by atoms with Gasteiger partial charge in [-0.25, -0.2) is 0 Å². The Balaban J connectivity index is 2.37. The second-order valence-corrected chi connectivity index (χ2v) is 8.03. The molecule has 1 rings (SSSR count). The summed E-state index contributed by atoms with van der Waals surface area (Å²) in [5.74, 6) is 0. The van der Waals surface area contributed by atoms with E-state index < -0.39 is 15.7 Å². The van der Waals surface area contributed by atoms with Crippen LogP contribution in [0, 0.1) is 0 Å². The summed E-state index contributed by atoms with van der Waals surface area (Å²) in [5.41, 5.74) is -0.655. The van der Waals surface area contributed by atoms with Crippen LogP contribution in [-0.4, -0.2) is 14.0 Å². The topological polar surface area (TPSA) is 43.4 Å². The molecular weight excluding hydrogens is 298 g/mol. The third-order valence-electron chi connectivity index (χ3n) is 3.75. The molecule has 0 aliphatic rings. The minimum Gasteiger partial charge on any atom is -0.260 e. The molecule has 1 aromatic rings. The summed E-state index contributed by atoms with van der Waals surface area (Å²) in [7, 11) is -3.67. The van der Waals surface area contributed by atoms with Crippen molar-refractivity contribution in [3.63, 3.8) is 0 Å². The SMILES string of the molecule is CCCCCCCCCC(C)(C)OS(=O)(=O)[14c]1ccccc1. The summed E-state index contributed by atoms with van der Waals surface area (Å²) in [6, 6.07) is 8.35. The van der Waals surface area contributed by atoms with Crippen molar-refractivity contribution in [2.45, 2.75) is 82.6 Å². The highest BCUT2D eigenvalue weighted by atomic mass is 32.2. The van der Waals surface area contributed by atoms with Crippen LogP contribution in [0.5, 0.6) is 0 Å². The summed E-state index contributed by atoms with van der Waals surface area (Å²) in [6.07, 6.45) is 9.28. The predicted molar refractivity (Wildman–Crippen MR) is 91.4 cm³/mol. The summed E-state index contributed by atoms with van der Waals surface area (Å²) in [5, 5.41) is 0. The lowest BCUT2D eigenvalue weighted by molar-refractivity contribution is 0.104. The molecule has 0 aliphatic carbocycles. The molecule has 0 fully saturated rings. The van der Waals surface area contributed by atoms with Crippen LogP contribution in [0.1, 0.15) is 72.1 Å². The van der Waals surface area contributed by atoms with Gasteiger partial charge in [-0.3, -0.25) is 4.18 Å². The third kappa shape index (κ3) is 7.41. The van der Waals surface area contributed by atoms with Gasteiger partial charge >= 0.3 is 0 Å². The Morgan fingerprint density at radius 2 is 1.45 bits per heavy atom. The monoisotopic (exact) mass is 328 g/mol. The van der Waals surface area contributed by atoms with Crippen molar-refractivity contribution >= 4 is 10.1 Å². The Labute approximate surface area is 136 Å². The molecule has 0 spiro atoms. The highest BCUT2D eigenvalue weighted by Crippen LogP contribution is 2.25. The van der Waals surface area contributed by atoms with Crippen LogP contribution in [0.4, 0.5) is 0 Å². The number of hydrogen-bond donors (Lipinski definition) is 0. The van der Waals surface area contributed by atoms with Crippen molar-refractivity contribution in [3.05, 3.63) is 30.3 Å². The van der Waals surface area contributed by atoms with E-state index in [1.807, 2.05) is 13.8 Å². The van der Waals surface area contributed by atoms with Gasteiger partial charge in [-0.1, -0.05) is 70.1 Å². The van der Waals surface area contributed by atoms with Crippen LogP contribution < -0.4 is 0 Å². The molecule has 4 heteroatoms. The van der Waals surface area contributed by atoms with Crippen LogP contribution in [0.25, 0.3) is 0 Å². The molecule has 0 atom stereocenters. The quantitative estimate of drug-likeness (QED) is 0.408.